The van der Waals surface area contributed by atoms with Crippen LogP contribution in [0, 0.1) is 5.92 Å². The van der Waals surface area contributed by atoms with Crippen molar-refractivity contribution < 1.29 is 19.1 Å². The topological polar surface area (TPSA) is 52.6 Å². The van der Waals surface area contributed by atoms with Crippen LogP contribution < -0.4 is 0 Å². The predicted molar refractivity (Wildman–Crippen MR) is 47.0 cm³/mol. The minimum absolute atomic E-state index is 0.215. The van der Waals surface area contributed by atoms with Crippen LogP contribution in [0.1, 0.15) is 27.7 Å². The summed E-state index contributed by atoms with van der Waals surface area (Å²) in [5.74, 6) is -0.307. The van der Waals surface area contributed by atoms with Crippen molar-refractivity contribution in [3.63, 3.8) is 0 Å². The van der Waals surface area contributed by atoms with E-state index in [1.54, 1.807) is 0 Å². The van der Waals surface area contributed by atoms with Crippen molar-refractivity contribution >= 4 is 12.4 Å². The van der Waals surface area contributed by atoms with Gasteiger partial charge in [0.15, 0.2) is 6.61 Å². The maximum absolute atomic E-state index is 11.0. The number of hydrogen-bond acceptors (Lipinski definition) is 4. The van der Waals surface area contributed by atoms with Crippen molar-refractivity contribution in [1.29, 1.82) is 0 Å². The van der Waals surface area contributed by atoms with Crippen molar-refractivity contribution in [2.75, 3.05) is 6.61 Å². The molecule has 0 aliphatic carbocycles. The van der Waals surface area contributed by atoms with Crippen LogP contribution in [0.25, 0.3) is 0 Å². The van der Waals surface area contributed by atoms with Crippen LogP contribution in [0.4, 0.5) is 0 Å². The smallest absolute Gasteiger partial charge is 0.344 e. The van der Waals surface area contributed by atoms with Crippen molar-refractivity contribution in [3.05, 3.63) is 0 Å². The third kappa shape index (κ3) is 4.50. The molecule has 0 aromatic rings. The number of esters is 1. The lowest BCUT2D eigenvalue weighted by molar-refractivity contribution is -0.167. The number of hydrogen-bond donors (Lipinski definition) is 0. The molecule has 0 aromatic carbocycles. The van der Waals surface area contributed by atoms with Gasteiger partial charge in [0.1, 0.15) is 5.60 Å². The molecule has 4 heteroatoms. The zero-order valence-corrected chi connectivity index (χ0v) is 8.49. The molecule has 0 amide bonds. The maximum atomic E-state index is 11.0. The Labute approximate surface area is 78.2 Å². The zero-order valence-electron chi connectivity index (χ0n) is 8.49. The van der Waals surface area contributed by atoms with Crippen LogP contribution in [-0.4, -0.2) is 24.6 Å². The lowest BCUT2D eigenvalue weighted by atomic mass is 9.95. The highest BCUT2D eigenvalue weighted by atomic mass is 16.6. The van der Waals surface area contributed by atoms with Gasteiger partial charge < -0.3 is 9.47 Å². The first-order chi connectivity index (χ1) is 5.90. The summed E-state index contributed by atoms with van der Waals surface area (Å²) in [4.78, 5) is 20.8. The summed E-state index contributed by atoms with van der Waals surface area (Å²) < 4.78 is 9.34. The average molecular weight is 188 g/mol. The summed E-state index contributed by atoms with van der Waals surface area (Å²) in [6, 6.07) is 0. The summed E-state index contributed by atoms with van der Waals surface area (Å²) >= 11 is 0. The van der Waals surface area contributed by atoms with E-state index in [4.69, 9.17) is 4.74 Å². The minimum atomic E-state index is -0.524. The number of ether oxygens (including phenoxy) is 2. The Balaban J connectivity index is 3.96. The molecule has 0 radical (unpaired) electrons. The first kappa shape index (κ1) is 11.9. The van der Waals surface area contributed by atoms with Crippen molar-refractivity contribution in [1.82, 2.24) is 0 Å². The van der Waals surface area contributed by atoms with Gasteiger partial charge in [0.2, 0.25) is 0 Å². The van der Waals surface area contributed by atoms with E-state index >= 15 is 0 Å². The largest absolute Gasteiger partial charge is 0.457 e. The standard InChI is InChI=1S/C9H16O4/c1-7(2)9(3,4)13-8(11)5-12-6-10/h6-7H,5H2,1-4H3. The summed E-state index contributed by atoms with van der Waals surface area (Å²) in [5, 5.41) is 0. The lowest BCUT2D eigenvalue weighted by Crippen LogP contribution is -2.35. The van der Waals surface area contributed by atoms with Crippen LogP contribution in [0.2, 0.25) is 0 Å². The molecule has 0 rings (SSSR count). The SMILES string of the molecule is CC(C)C(C)(C)OC(=O)COC=O. The van der Waals surface area contributed by atoms with Crippen LogP contribution in [0.5, 0.6) is 0 Å². The second kappa shape index (κ2) is 4.84. The zero-order chi connectivity index (χ0) is 10.5. The monoisotopic (exact) mass is 188 g/mol. The summed E-state index contributed by atoms with van der Waals surface area (Å²) in [7, 11) is 0. The minimum Gasteiger partial charge on any atom is -0.457 e. The van der Waals surface area contributed by atoms with Gasteiger partial charge >= 0.3 is 5.97 Å². The van der Waals surface area contributed by atoms with E-state index in [0.29, 0.717) is 0 Å². The van der Waals surface area contributed by atoms with Crippen LogP contribution in [0.3, 0.4) is 0 Å². The Bertz CT molecular complexity index is 184. The quantitative estimate of drug-likeness (QED) is 0.479. The molecule has 4 nitrogen and oxygen atoms in total. The van der Waals surface area contributed by atoms with Gasteiger partial charge in [-0.25, -0.2) is 4.79 Å². The molecule has 0 atom stereocenters. The maximum Gasteiger partial charge on any atom is 0.344 e. The molecular weight excluding hydrogens is 172 g/mol. The third-order valence-corrected chi connectivity index (χ3v) is 2.04. The van der Waals surface area contributed by atoms with Gasteiger partial charge in [-0.3, -0.25) is 4.79 Å². The highest BCUT2D eigenvalue weighted by Crippen LogP contribution is 2.20. The predicted octanol–water partition coefficient (Wildman–Crippen LogP) is 1.14. The molecule has 0 aliphatic heterocycles. The van der Waals surface area contributed by atoms with Gasteiger partial charge in [-0.05, 0) is 19.8 Å². The van der Waals surface area contributed by atoms with Crippen LogP contribution >= 0.6 is 0 Å². The normalized spacial score (nSPS) is 11.2. The van der Waals surface area contributed by atoms with E-state index in [0.717, 1.165) is 0 Å². The van der Waals surface area contributed by atoms with Crippen LogP contribution in [-0.2, 0) is 19.1 Å². The second-order valence-corrected chi connectivity index (χ2v) is 3.64. The Kier molecular flexibility index (Phi) is 4.45. The van der Waals surface area contributed by atoms with E-state index in [-0.39, 0.29) is 19.0 Å². The second-order valence-electron chi connectivity index (χ2n) is 3.64. The number of carbonyl (C=O) groups excluding carboxylic acids is 2. The molecule has 0 aromatic heterocycles. The fourth-order valence-electron chi connectivity index (χ4n) is 0.543. The van der Waals surface area contributed by atoms with E-state index in [2.05, 4.69) is 4.74 Å². The lowest BCUT2D eigenvalue weighted by Gasteiger charge is -2.28. The number of rotatable bonds is 5. The first-order valence-electron chi connectivity index (χ1n) is 4.17. The Hall–Kier alpha value is -1.06. The summed E-state index contributed by atoms with van der Waals surface area (Å²) in [6.07, 6.45) is 0. The summed E-state index contributed by atoms with van der Waals surface area (Å²) in [5.41, 5.74) is -0.524. The molecule has 0 fully saturated rings. The van der Waals surface area contributed by atoms with E-state index in [1.165, 1.54) is 0 Å². The van der Waals surface area contributed by atoms with Crippen molar-refractivity contribution in [3.8, 4) is 0 Å². The highest BCUT2D eigenvalue weighted by molar-refractivity contribution is 5.72. The fraction of sp³-hybridized carbons (Fsp3) is 0.778. The van der Waals surface area contributed by atoms with Crippen molar-refractivity contribution in [2.45, 2.75) is 33.3 Å². The fourth-order valence-corrected chi connectivity index (χ4v) is 0.543. The molecular formula is C9H16O4. The third-order valence-electron chi connectivity index (χ3n) is 2.04. The highest BCUT2D eigenvalue weighted by Gasteiger charge is 2.26. The van der Waals surface area contributed by atoms with E-state index in [1.807, 2.05) is 27.7 Å². The molecule has 0 saturated carbocycles. The van der Waals surface area contributed by atoms with Crippen LogP contribution in [0.15, 0.2) is 0 Å². The molecule has 0 N–H and O–H groups in total. The molecule has 0 unspecified atom stereocenters. The molecule has 13 heavy (non-hydrogen) atoms. The average Bonchev–Trinajstić information content (AvgIpc) is 1.99. The molecule has 0 saturated heterocycles. The molecule has 0 heterocycles. The van der Waals surface area contributed by atoms with E-state index < -0.39 is 11.6 Å². The first-order valence-corrected chi connectivity index (χ1v) is 4.17. The Morgan fingerprint density at radius 3 is 2.38 bits per heavy atom. The van der Waals surface area contributed by atoms with Gasteiger partial charge in [0.25, 0.3) is 6.47 Å². The van der Waals surface area contributed by atoms with Gasteiger partial charge in [-0.15, -0.1) is 0 Å². The Morgan fingerprint density at radius 1 is 1.46 bits per heavy atom. The summed E-state index contributed by atoms with van der Waals surface area (Å²) in [6.45, 7) is 7.44. The van der Waals surface area contributed by atoms with Gasteiger partial charge in [-0.2, -0.15) is 0 Å². The Morgan fingerprint density at radius 2 is 2.00 bits per heavy atom. The van der Waals surface area contributed by atoms with Gasteiger partial charge in [0.05, 0.1) is 0 Å². The molecule has 0 bridgehead atoms. The molecule has 76 valence electrons. The number of carbonyl (C=O) groups is 2. The van der Waals surface area contributed by atoms with Gasteiger partial charge in [-0.1, -0.05) is 13.8 Å². The van der Waals surface area contributed by atoms with E-state index in [9.17, 15) is 9.59 Å². The van der Waals surface area contributed by atoms with Crippen molar-refractivity contribution in [2.24, 2.45) is 5.92 Å². The molecule has 0 spiro atoms. The van der Waals surface area contributed by atoms with Gasteiger partial charge in [0, 0.05) is 0 Å². The molecule has 0 aliphatic rings.